The average Bonchev–Trinajstić information content (AvgIpc) is 3.36. The number of hydrogen-bond acceptors (Lipinski definition) is 3. The Hall–Kier alpha value is -4.16. The Kier molecular flexibility index (Phi) is 11.0. The van der Waals surface area contributed by atoms with Crippen LogP contribution in [-0.4, -0.2) is 52.5 Å². The summed E-state index contributed by atoms with van der Waals surface area (Å²) >= 11 is 0. The highest BCUT2D eigenvalue weighted by atomic mass is 16.5. The summed E-state index contributed by atoms with van der Waals surface area (Å²) in [7, 11) is 3.90. The molecule has 0 unspecified atom stereocenters. The Bertz CT molecular complexity index is 1790. The Morgan fingerprint density at radius 2 is 1.53 bits per heavy atom. The first kappa shape index (κ1) is 34.7. The van der Waals surface area contributed by atoms with Gasteiger partial charge < -0.3 is 19.1 Å². The number of hydrogen-bond donors (Lipinski definition) is 0. The highest BCUT2D eigenvalue weighted by molar-refractivity contribution is 6.02. The van der Waals surface area contributed by atoms with Crippen molar-refractivity contribution in [3.8, 4) is 11.3 Å². The zero-order valence-electron chi connectivity index (χ0n) is 30.2. The molecule has 1 atom stereocenters. The molecular weight excluding hydrogens is 606 g/mol. The van der Waals surface area contributed by atoms with Gasteiger partial charge in [0.15, 0.2) is 0 Å². The molecule has 1 aromatic heterocycles. The van der Waals surface area contributed by atoms with Crippen molar-refractivity contribution < 1.29 is 14.3 Å². The number of carbonyl (C=O) groups is 2. The smallest absolute Gasteiger partial charge is 0.255 e. The first-order valence-electron chi connectivity index (χ1n) is 18.4. The van der Waals surface area contributed by atoms with Crippen LogP contribution in [0.4, 0.5) is 0 Å². The SMILES string of the molecule is CCCCc1c(CCCC)c(-c2cc3c(cc2C(=O)N2Cc4ccccc4C[C@H]2COC)CN(C(=O)Cc2ccccc2)CC3)n(C)c1C. The molecule has 0 saturated heterocycles. The Labute approximate surface area is 293 Å². The van der Waals surface area contributed by atoms with Crippen LogP contribution in [-0.2, 0) is 61.8 Å². The zero-order chi connectivity index (χ0) is 34.5. The van der Waals surface area contributed by atoms with Crippen molar-refractivity contribution in [3.63, 3.8) is 0 Å². The first-order chi connectivity index (χ1) is 23.8. The predicted molar refractivity (Wildman–Crippen MR) is 198 cm³/mol. The molecule has 0 N–H and O–H groups in total. The molecule has 49 heavy (non-hydrogen) atoms. The van der Waals surface area contributed by atoms with Gasteiger partial charge in [-0.15, -0.1) is 0 Å². The van der Waals surface area contributed by atoms with Crippen molar-refractivity contribution in [1.82, 2.24) is 14.4 Å². The van der Waals surface area contributed by atoms with Crippen molar-refractivity contribution in [2.45, 2.75) is 97.7 Å². The Morgan fingerprint density at radius 1 is 0.837 bits per heavy atom. The first-order valence-corrected chi connectivity index (χ1v) is 18.4. The van der Waals surface area contributed by atoms with Crippen molar-refractivity contribution in [3.05, 3.63) is 117 Å². The normalized spacial score (nSPS) is 15.7. The highest BCUT2D eigenvalue weighted by Gasteiger charge is 2.34. The molecule has 0 spiro atoms. The Balaban J connectivity index is 1.46. The summed E-state index contributed by atoms with van der Waals surface area (Å²) < 4.78 is 8.06. The highest BCUT2D eigenvalue weighted by Crippen LogP contribution is 2.39. The van der Waals surface area contributed by atoms with E-state index < -0.39 is 0 Å². The standard InChI is InChI=1S/C43H53N3O3/c1-6-8-19-37-30(3)44(4)42(38(37)20-9-7-2)39-25-33-21-22-45(41(47)23-31-15-11-10-12-16-31)27-35(33)26-40(39)43(48)46-28-34-18-14-13-17-32(34)24-36(46)29-49-5/h10-18,25-26,36H,6-9,19-24,27-29H2,1-5H3/t36-/m0/s1. The number of ether oxygens (including phenoxy) is 1. The number of amides is 2. The minimum atomic E-state index is -0.0601. The van der Waals surface area contributed by atoms with Crippen LogP contribution in [0.3, 0.4) is 0 Å². The monoisotopic (exact) mass is 659 g/mol. The van der Waals surface area contributed by atoms with Crippen molar-refractivity contribution in [1.29, 1.82) is 0 Å². The molecule has 258 valence electrons. The van der Waals surface area contributed by atoms with Crippen LogP contribution in [0.1, 0.15) is 94.5 Å². The summed E-state index contributed by atoms with van der Waals surface area (Å²) in [4.78, 5) is 32.6. The summed E-state index contributed by atoms with van der Waals surface area (Å²) in [6.45, 7) is 8.99. The van der Waals surface area contributed by atoms with E-state index in [1.807, 2.05) is 40.1 Å². The van der Waals surface area contributed by atoms with E-state index in [1.54, 1.807) is 7.11 Å². The molecule has 6 nitrogen and oxygen atoms in total. The molecule has 0 aliphatic carbocycles. The average molecular weight is 660 g/mol. The van der Waals surface area contributed by atoms with Crippen molar-refractivity contribution >= 4 is 11.8 Å². The van der Waals surface area contributed by atoms with Gasteiger partial charge in [-0.3, -0.25) is 9.59 Å². The molecule has 2 aliphatic rings. The number of nitrogens with zero attached hydrogens (tertiary/aromatic N) is 3. The van der Waals surface area contributed by atoms with Crippen LogP contribution >= 0.6 is 0 Å². The van der Waals surface area contributed by atoms with Gasteiger partial charge >= 0.3 is 0 Å². The molecule has 6 heteroatoms. The summed E-state index contributed by atoms with van der Waals surface area (Å²) in [5.41, 5.74) is 12.9. The summed E-state index contributed by atoms with van der Waals surface area (Å²) in [5, 5.41) is 0. The fraction of sp³-hybridized carbons (Fsp3) is 0.442. The minimum Gasteiger partial charge on any atom is -0.383 e. The molecule has 2 amide bonds. The maximum absolute atomic E-state index is 15.1. The molecule has 6 rings (SSSR count). The molecular formula is C43H53N3O3. The maximum Gasteiger partial charge on any atom is 0.255 e. The van der Waals surface area contributed by atoms with Gasteiger partial charge in [-0.1, -0.05) is 81.3 Å². The van der Waals surface area contributed by atoms with E-state index in [0.717, 1.165) is 73.6 Å². The molecule has 0 radical (unpaired) electrons. The quantitative estimate of drug-likeness (QED) is 0.155. The van der Waals surface area contributed by atoms with Gasteiger partial charge in [-0.25, -0.2) is 0 Å². The van der Waals surface area contributed by atoms with Gasteiger partial charge in [0.1, 0.15) is 0 Å². The topological polar surface area (TPSA) is 54.8 Å². The van der Waals surface area contributed by atoms with Gasteiger partial charge in [-0.2, -0.15) is 0 Å². The number of carbonyl (C=O) groups excluding carboxylic acids is 2. The van der Waals surface area contributed by atoms with Crippen molar-refractivity contribution in [2.24, 2.45) is 7.05 Å². The van der Waals surface area contributed by atoms with E-state index >= 15 is 4.79 Å². The van der Waals surface area contributed by atoms with E-state index in [0.29, 0.717) is 32.7 Å². The van der Waals surface area contributed by atoms with Crippen LogP contribution in [0.25, 0.3) is 11.3 Å². The zero-order valence-corrected chi connectivity index (χ0v) is 30.2. The number of fused-ring (bicyclic) bond motifs is 2. The number of methoxy groups -OCH3 is 1. The van der Waals surface area contributed by atoms with Gasteiger partial charge in [-0.05, 0) is 96.5 Å². The fourth-order valence-corrected chi connectivity index (χ4v) is 7.98. The summed E-state index contributed by atoms with van der Waals surface area (Å²) in [5.74, 6) is 0.166. The van der Waals surface area contributed by atoms with Crippen LogP contribution in [0.2, 0.25) is 0 Å². The minimum absolute atomic E-state index is 0.0393. The second-order valence-electron chi connectivity index (χ2n) is 14.1. The summed E-state index contributed by atoms with van der Waals surface area (Å²) in [6, 6.07) is 22.8. The van der Waals surface area contributed by atoms with E-state index in [4.69, 9.17) is 4.74 Å². The van der Waals surface area contributed by atoms with Gasteiger partial charge in [0.25, 0.3) is 5.91 Å². The summed E-state index contributed by atoms with van der Waals surface area (Å²) in [6.07, 6.45) is 8.52. The van der Waals surface area contributed by atoms with E-state index in [-0.39, 0.29) is 17.9 Å². The maximum atomic E-state index is 15.1. The lowest BCUT2D eigenvalue weighted by atomic mass is 9.87. The van der Waals surface area contributed by atoms with Gasteiger partial charge in [0, 0.05) is 50.6 Å². The molecule has 0 fully saturated rings. The number of benzene rings is 3. The predicted octanol–water partition coefficient (Wildman–Crippen LogP) is 8.03. The molecule has 0 bridgehead atoms. The van der Waals surface area contributed by atoms with Gasteiger partial charge in [0.05, 0.1) is 24.8 Å². The third-order valence-electron chi connectivity index (χ3n) is 10.8. The Morgan fingerprint density at radius 3 is 2.24 bits per heavy atom. The molecule has 2 aliphatic heterocycles. The van der Waals surface area contributed by atoms with Crippen LogP contribution in [0.5, 0.6) is 0 Å². The third kappa shape index (κ3) is 7.26. The largest absolute Gasteiger partial charge is 0.383 e. The fourth-order valence-electron chi connectivity index (χ4n) is 7.98. The number of rotatable bonds is 12. The van der Waals surface area contributed by atoms with Crippen molar-refractivity contribution in [2.75, 3.05) is 20.3 Å². The lowest BCUT2D eigenvalue weighted by molar-refractivity contribution is -0.131. The number of unbranched alkanes of at least 4 members (excludes halogenated alkanes) is 2. The molecule has 3 heterocycles. The number of aromatic nitrogens is 1. The van der Waals surface area contributed by atoms with E-state index in [2.05, 4.69) is 68.8 Å². The third-order valence-corrected chi connectivity index (χ3v) is 10.8. The second-order valence-corrected chi connectivity index (χ2v) is 14.1. The van der Waals surface area contributed by atoms with E-state index in [1.165, 1.54) is 39.2 Å². The molecule has 3 aromatic carbocycles. The van der Waals surface area contributed by atoms with Crippen LogP contribution < -0.4 is 0 Å². The lowest BCUT2D eigenvalue weighted by Crippen LogP contribution is -2.47. The second kappa shape index (κ2) is 15.6. The van der Waals surface area contributed by atoms with Crippen LogP contribution in [0.15, 0.2) is 66.7 Å². The lowest BCUT2D eigenvalue weighted by Gasteiger charge is -2.37. The molecule has 0 saturated carbocycles. The molecule has 4 aromatic rings. The van der Waals surface area contributed by atoms with Crippen LogP contribution in [0, 0.1) is 6.92 Å². The van der Waals surface area contributed by atoms with Gasteiger partial charge in [0.2, 0.25) is 5.91 Å². The van der Waals surface area contributed by atoms with E-state index in [9.17, 15) is 4.79 Å².